The zero-order valence-corrected chi connectivity index (χ0v) is 11.1. The molecule has 1 saturated carbocycles. The Morgan fingerprint density at radius 3 is 2.76 bits per heavy atom. The van der Waals surface area contributed by atoms with E-state index in [4.69, 9.17) is 4.74 Å². The summed E-state index contributed by atoms with van der Waals surface area (Å²) in [6, 6.07) is 0. The van der Waals surface area contributed by atoms with Crippen LogP contribution in [0.1, 0.15) is 46.0 Å². The third-order valence-electron chi connectivity index (χ3n) is 3.65. The second-order valence-electron chi connectivity index (χ2n) is 5.34. The highest BCUT2D eigenvalue weighted by Crippen LogP contribution is 2.25. The summed E-state index contributed by atoms with van der Waals surface area (Å²) in [5.74, 6) is 0.896. The van der Waals surface area contributed by atoms with Crippen LogP contribution in [0, 0.1) is 5.92 Å². The molecule has 0 aromatic carbocycles. The standard InChI is InChI=1S/C14H25N2O/c1-3-8-15-9-10-16(11-15)12-17-14-6-4-13(2)5-7-14/h9-11,13-14H,3-8,12H2,1-2H3/q+1. The summed E-state index contributed by atoms with van der Waals surface area (Å²) in [7, 11) is 0. The lowest BCUT2D eigenvalue weighted by atomic mass is 9.89. The average molecular weight is 237 g/mol. The van der Waals surface area contributed by atoms with Gasteiger partial charge < -0.3 is 4.74 Å². The van der Waals surface area contributed by atoms with Crippen LogP contribution in [0.4, 0.5) is 0 Å². The highest BCUT2D eigenvalue weighted by atomic mass is 16.5. The van der Waals surface area contributed by atoms with Crippen LogP contribution in [0.2, 0.25) is 0 Å². The fourth-order valence-corrected chi connectivity index (χ4v) is 2.49. The van der Waals surface area contributed by atoms with Crippen LogP contribution in [0.25, 0.3) is 0 Å². The SMILES string of the molecule is CCCn1cc[n+](COC2CCC(C)CC2)c1. The molecule has 1 fully saturated rings. The normalized spacial score (nSPS) is 25.1. The molecule has 0 N–H and O–H groups in total. The van der Waals surface area contributed by atoms with Crippen LogP contribution in [0.3, 0.4) is 0 Å². The summed E-state index contributed by atoms with van der Waals surface area (Å²) >= 11 is 0. The first kappa shape index (κ1) is 12.6. The predicted octanol–water partition coefficient (Wildman–Crippen LogP) is 2.74. The van der Waals surface area contributed by atoms with Crippen LogP contribution in [0.5, 0.6) is 0 Å². The van der Waals surface area contributed by atoms with E-state index in [9.17, 15) is 0 Å². The van der Waals surface area contributed by atoms with Crippen molar-refractivity contribution in [2.75, 3.05) is 0 Å². The van der Waals surface area contributed by atoms with Crippen molar-refractivity contribution in [2.45, 2.75) is 65.3 Å². The maximum atomic E-state index is 5.96. The van der Waals surface area contributed by atoms with Crippen molar-refractivity contribution in [3.63, 3.8) is 0 Å². The Kier molecular flexibility index (Phi) is 4.60. The molecular weight excluding hydrogens is 212 g/mol. The molecule has 1 aromatic rings. The number of imidazole rings is 1. The Hall–Kier alpha value is -0.830. The molecule has 0 unspecified atom stereocenters. The summed E-state index contributed by atoms with van der Waals surface area (Å²) in [5, 5.41) is 0. The van der Waals surface area contributed by atoms with Gasteiger partial charge in [-0.05, 0) is 38.0 Å². The maximum Gasteiger partial charge on any atom is 0.245 e. The number of aryl methyl sites for hydroxylation is 1. The molecule has 0 radical (unpaired) electrons. The summed E-state index contributed by atoms with van der Waals surface area (Å²) in [4.78, 5) is 0. The van der Waals surface area contributed by atoms with E-state index in [2.05, 4.69) is 41.7 Å². The Labute approximate surface area is 104 Å². The molecule has 1 aliphatic rings. The van der Waals surface area contributed by atoms with Gasteiger partial charge in [0.15, 0.2) is 6.73 Å². The van der Waals surface area contributed by atoms with Crippen molar-refractivity contribution >= 4 is 0 Å². The van der Waals surface area contributed by atoms with E-state index in [0.29, 0.717) is 12.8 Å². The van der Waals surface area contributed by atoms with Gasteiger partial charge in [-0.1, -0.05) is 13.8 Å². The minimum Gasteiger partial charge on any atom is -0.338 e. The second-order valence-corrected chi connectivity index (χ2v) is 5.34. The Morgan fingerprint density at radius 2 is 2.06 bits per heavy atom. The fraction of sp³-hybridized carbons (Fsp3) is 0.786. The average Bonchev–Trinajstić information content (AvgIpc) is 2.77. The van der Waals surface area contributed by atoms with E-state index in [0.717, 1.165) is 12.5 Å². The van der Waals surface area contributed by atoms with Crippen LogP contribution < -0.4 is 4.57 Å². The van der Waals surface area contributed by atoms with Gasteiger partial charge in [-0.3, -0.25) is 0 Å². The van der Waals surface area contributed by atoms with E-state index >= 15 is 0 Å². The Balaban J connectivity index is 1.73. The van der Waals surface area contributed by atoms with Crippen molar-refractivity contribution < 1.29 is 9.30 Å². The number of rotatable bonds is 5. The third-order valence-corrected chi connectivity index (χ3v) is 3.65. The zero-order chi connectivity index (χ0) is 12.1. The van der Waals surface area contributed by atoms with Crippen LogP contribution in [0.15, 0.2) is 18.7 Å². The van der Waals surface area contributed by atoms with Crippen molar-refractivity contribution in [1.82, 2.24) is 4.57 Å². The third kappa shape index (κ3) is 3.84. The number of nitrogens with zero attached hydrogens (tertiary/aromatic N) is 2. The van der Waals surface area contributed by atoms with Crippen molar-refractivity contribution in [3.05, 3.63) is 18.7 Å². The van der Waals surface area contributed by atoms with Crippen molar-refractivity contribution in [1.29, 1.82) is 0 Å². The highest BCUT2D eigenvalue weighted by Gasteiger charge is 2.19. The van der Waals surface area contributed by atoms with Crippen LogP contribution in [-0.2, 0) is 18.0 Å². The number of ether oxygens (including phenoxy) is 1. The molecule has 0 atom stereocenters. The topological polar surface area (TPSA) is 18.0 Å². The van der Waals surface area contributed by atoms with Crippen LogP contribution >= 0.6 is 0 Å². The molecule has 1 aliphatic carbocycles. The van der Waals surface area contributed by atoms with E-state index in [1.165, 1.54) is 32.1 Å². The van der Waals surface area contributed by atoms with Gasteiger partial charge in [-0.2, -0.15) is 0 Å². The van der Waals surface area contributed by atoms with Gasteiger partial charge in [0.1, 0.15) is 12.4 Å². The zero-order valence-electron chi connectivity index (χ0n) is 11.1. The minimum atomic E-state index is 0.480. The molecule has 96 valence electrons. The van der Waals surface area contributed by atoms with Gasteiger partial charge >= 0.3 is 0 Å². The molecule has 0 saturated heterocycles. The number of hydrogen-bond acceptors (Lipinski definition) is 1. The van der Waals surface area contributed by atoms with E-state index in [1.54, 1.807) is 0 Å². The molecule has 3 heteroatoms. The molecule has 1 aromatic heterocycles. The monoisotopic (exact) mass is 237 g/mol. The molecular formula is C14H25N2O+. The number of hydrogen-bond donors (Lipinski definition) is 0. The predicted molar refractivity (Wildman–Crippen MR) is 67.4 cm³/mol. The Morgan fingerprint density at radius 1 is 1.29 bits per heavy atom. The molecule has 2 rings (SSSR count). The smallest absolute Gasteiger partial charge is 0.245 e. The minimum absolute atomic E-state index is 0.480. The summed E-state index contributed by atoms with van der Waals surface area (Å²) in [6.45, 7) is 6.34. The van der Waals surface area contributed by atoms with Crippen LogP contribution in [-0.4, -0.2) is 10.7 Å². The summed E-state index contributed by atoms with van der Waals surface area (Å²) in [5.41, 5.74) is 0. The van der Waals surface area contributed by atoms with Gasteiger partial charge in [-0.25, -0.2) is 9.13 Å². The van der Waals surface area contributed by atoms with E-state index < -0.39 is 0 Å². The molecule has 0 aliphatic heterocycles. The lowest BCUT2D eigenvalue weighted by Crippen LogP contribution is -2.35. The first-order valence-corrected chi connectivity index (χ1v) is 6.94. The van der Waals surface area contributed by atoms with Crippen molar-refractivity contribution in [3.8, 4) is 0 Å². The van der Waals surface area contributed by atoms with Gasteiger partial charge in [0.25, 0.3) is 0 Å². The van der Waals surface area contributed by atoms with E-state index in [1.807, 2.05) is 0 Å². The molecule has 17 heavy (non-hydrogen) atoms. The highest BCUT2D eigenvalue weighted by molar-refractivity contribution is 4.69. The second kappa shape index (κ2) is 6.20. The molecule has 0 amide bonds. The summed E-state index contributed by atoms with van der Waals surface area (Å²) in [6.07, 6.45) is 13.1. The first-order chi connectivity index (χ1) is 8.28. The van der Waals surface area contributed by atoms with Crippen molar-refractivity contribution in [2.24, 2.45) is 5.92 Å². The first-order valence-electron chi connectivity index (χ1n) is 6.94. The number of aromatic nitrogens is 2. The fourth-order valence-electron chi connectivity index (χ4n) is 2.49. The quantitative estimate of drug-likeness (QED) is 0.720. The summed E-state index contributed by atoms with van der Waals surface area (Å²) < 4.78 is 10.3. The molecule has 1 heterocycles. The molecule has 3 nitrogen and oxygen atoms in total. The molecule has 0 bridgehead atoms. The lowest BCUT2D eigenvalue weighted by Gasteiger charge is -2.25. The van der Waals surface area contributed by atoms with E-state index in [-0.39, 0.29) is 0 Å². The van der Waals surface area contributed by atoms with Gasteiger partial charge in [0.2, 0.25) is 6.33 Å². The Bertz CT molecular complexity index is 327. The lowest BCUT2D eigenvalue weighted by molar-refractivity contribution is -0.734. The maximum absolute atomic E-state index is 5.96. The van der Waals surface area contributed by atoms with Gasteiger partial charge in [0, 0.05) is 0 Å². The van der Waals surface area contributed by atoms with Gasteiger partial charge in [0.05, 0.1) is 12.6 Å². The molecule has 0 spiro atoms. The largest absolute Gasteiger partial charge is 0.338 e. The van der Waals surface area contributed by atoms with Gasteiger partial charge in [-0.15, -0.1) is 0 Å².